The van der Waals surface area contributed by atoms with Crippen molar-refractivity contribution in [3.8, 4) is 0 Å². The van der Waals surface area contributed by atoms with Crippen molar-refractivity contribution in [2.45, 2.75) is 65.8 Å². The van der Waals surface area contributed by atoms with Gasteiger partial charge < -0.3 is 10.0 Å². The Hall–Kier alpha value is -1.06. The van der Waals surface area contributed by atoms with Crippen LogP contribution in [0.5, 0.6) is 0 Å². The van der Waals surface area contributed by atoms with Gasteiger partial charge in [0.15, 0.2) is 0 Å². The molecular weight excluding hydrogens is 254 g/mol. The summed E-state index contributed by atoms with van der Waals surface area (Å²) in [6, 6.07) is 0.143. The molecule has 0 aromatic carbocycles. The van der Waals surface area contributed by atoms with Crippen LogP contribution in [-0.4, -0.2) is 34.5 Å². The number of aliphatic carboxylic acids is 1. The fourth-order valence-electron chi connectivity index (χ4n) is 3.21. The Bertz CT molecular complexity index is 341. The van der Waals surface area contributed by atoms with Gasteiger partial charge in [0.1, 0.15) is 0 Å². The zero-order valence-corrected chi connectivity index (χ0v) is 13.3. The summed E-state index contributed by atoms with van der Waals surface area (Å²) in [6.07, 6.45) is 4.58. The Balaban J connectivity index is 2.74. The summed E-state index contributed by atoms with van der Waals surface area (Å²) in [5.41, 5.74) is 0. The summed E-state index contributed by atoms with van der Waals surface area (Å²) in [7, 11) is 0. The normalized spacial score (nSPS) is 25.9. The van der Waals surface area contributed by atoms with E-state index in [1.54, 1.807) is 0 Å². The minimum Gasteiger partial charge on any atom is -0.481 e. The maximum Gasteiger partial charge on any atom is 0.307 e. The van der Waals surface area contributed by atoms with E-state index in [1.807, 2.05) is 25.7 Å². The molecule has 1 amide bonds. The highest BCUT2D eigenvalue weighted by molar-refractivity contribution is 5.85. The fraction of sp³-hybridized carbons (Fsp3) is 0.875. The SMILES string of the molecule is CCCCCN(C(=O)[C@H]1CC(C)C[C@H]1C(=O)O)C(C)C. The molecule has 1 saturated carbocycles. The van der Waals surface area contributed by atoms with Gasteiger partial charge in [-0.25, -0.2) is 0 Å². The highest BCUT2D eigenvalue weighted by Gasteiger charge is 2.43. The Morgan fingerprint density at radius 1 is 1.20 bits per heavy atom. The zero-order valence-electron chi connectivity index (χ0n) is 13.3. The lowest BCUT2D eigenvalue weighted by Crippen LogP contribution is -2.43. The van der Waals surface area contributed by atoms with Crippen LogP contribution in [0.2, 0.25) is 0 Å². The summed E-state index contributed by atoms with van der Waals surface area (Å²) < 4.78 is 0. The van der Waals surface area contributed by atoms with Crippen molar-refractivity contribution in [3.63, 3.8) is 0 Å². The van der Waals surface area contributed by atoms with Crippen molar-refractivity contribution in [2.75, 3.05) is 6.54 Å². The lowest BCUT2D eigenvalue weighted by Gasteiger charge is -2.30. The molecule has 0 aliphatic heterocycles. The van der Waals surface area contributed by atoms with Crippen LogP contribution in [0.25, 0.3) is 0 Å². The Labute approximate surface area is 122 Å². The minimum absolute atomic E-state index is 0.0489. The van der Waals surface area contributed by atoms with E-state index >= 15 is 0 Å². The van der Waals surface area contributed by atoms with Gasteiger partial charge in [0.2, 0.25) is 5.91 Å². The van der Waals surface area contributed by atoms with Crippen LogP contribution >= 0.6 is 0 Å². The lowest BCUT2D eigenvalue weighted by atomic mass is 9.94. The number of hydrogen-bond donors (Lipinski definition) is 1. The summed E-state index contributed by atoms with van der Waals surface area (Å²) >= 11 is 0. The number of carboxylic acids is 1. The van der Waals surface area contributed by atoms with Gasteiger partial charge in [-0.2, -0.15) is 0 Å². The summed E-state index contributed by atoms with van der Waals surface area (Å²) in [5.74, 6) is -1.26. The molecule has 1 rings (SSSR count). The van der Waals surface area contributed by atoms with Gasteiger partial charge in [0.25, 0.3) is 0 Å². The first-order valence-electron chi connectivity index (χ1n) is 7.91. The highest BCUT2D eigenvalue weighted by atomic mass is 16.4. The number of carbonyl (C=O) groups excluding carboxylic acids is 1. The third kappa shape index (κ3) is 4.22. The van der Waals surface area contributed by atoms with Crippen molar-refractivity contribution in [2.24, 2.45) is 17.8 Å². The average molecular weight is 283 g/mol. The molecule has 4 heteroatoms. The van der Waals surface area contributed by atoms with Gasteiger partial charge >= 0.3 is 5.97 Å². The number of hydrogen-bond acceptors (Lipinski definition) is 2. The lowest BCUT2D eigenvalue weighted by molar-refractivity contribution is -0.149. The van der Waals surface area contributed by atoms with E-state index < -0.39 is 11.9 Å². The van der Waals surface area contributed by atoms with E-state index in [0.717, 1.165) is 25.8 Å². The fourth-order valence-corrected chi connectivity index (χ4v) is 3.21. The molecule has 116 valence electrons. The van der Waals surface area contributed by atoms with Gasteiger partial charge in [-0.1, -0.05) is 26.7 Å². The van der Waals surface area contributed by atoms with Gasteiger partial charge in [0, 0.05) is 12.6 Å². The molecular formula is C16H29NO3. The van der Waals surface area contributed by atoms with E-state index in [9.17, 15) is 14.7 Å². The summed E-state index contributed by atoms with van der Waals surface area (Å²) in [6.45, 7) is 8.96. The van der Waals surface area contributed by atoms with Gasteiger partial charge in [-0.3, -0.25) is 9.59 Å². The molecule has 1 aliphatic rings. The second-order valence-corrected chi connectivity index (χ2v) is 6.46. The molecule has 0 aromatic heterocycles. The van der Waals surface area contributed by atoms with Crippen molar-refractivity contribution < 1.29 is 14.7 Å². The molecule has 0 aromatic rings. The van der Waals surface area contributed by atoms with Crippen LogP contribution < -0.4 is 0 Å². The number of carbonyl (C=O) groups is 2. The first-order valence-corrected chi connectivity index (χ1v) is 7.91. The first-order chi connectivity index (χ1) is 9.38. The summed E-state index contributed by atoms with van der Waals surface area (Å²) in [4.78, 5) is 25.9. The molecule has 0 saturated heterocycles. The van der Waals surface area contributed by atoms with E-state index in [1.165, 1.54) is 0 Å². The monoisotopic (exact) mass is 283 g/mol. The predicted molar refractivity (Wildman–Crippen MR) is 79.4 cm³/mol. The van der Waals surface area contributed by atoms with Crippen LogP contribution in [0, 0.1) is 17.8 Å². The third-order valence-electron chi connectivity index (χ3n) is 4.34. The van der Waals surface area contributed by atoms with E-state index in [-0.39, 0.29) is 17.9 Å². The van der Waals surface area contributed by atoms with Gasteiger partial charge in [-0.15, -0.1) is 0 Å². The molecule has 1 fully saturated rings. The van der Waals surface area contributed by atoms with E-state index in [4.69, 9.17) is 0 Å². The third-order valence-corrected chi connectivity index (χ3v) is 4.34. The van der Waals surface area contributed by atoms with Crippen molar-refractivity contribution in [1.29, 1.82) is 0 Å². The number of rotatable bonds is 7. The molecule has 20 heavy (non-hydrogen) atoms. The quantitative estimate of drug-likeness (QED) is 0.730. The molecule has 0 spiro atoms. The van der Waals surface area contributed by atoms with Crippen LogP contribution in [0.4, 0.5) is 0 Å². The number of unbranched alkanes of at least 4 members (excludes halogenated alkanes) is 2. The maximum atomic E-state index is 12.7. The Morgan fingerprint density at radius 3 is 2.30 bits per heavy atom. The van der Waals surface area contributed by atoms with Crippen molar-refractivity contribution >= 4 is 11.9 Å². The first kappa shape index (κ1) is 17.0. The zero-order chi connectivity index (χ0) is 15.3. The van der Waals surface area contributed by atoms with Crippen LogP contribution in [0.15, 0.2) is 0 Å². The maximum absolute atomic E-state index is 12.7. The second kappa shape index (κ2) is 7.65. The Morgan fingerprint density at radius 2 is 1.80 bits per heavy atom. The van der Waals surface area contributed by atoms with Gasteiger partial charge in [0.05, 0.1) is 11.8 Å². The molecule has 3 atom stereocenters. The van der Waals surface area contributed by atoms with Crippen LogP contribution in [0.1, 0.15) is 59.8 Å². The molecule has 0 heterocycles. The van der Waals surface area contributed by atoms with E-state index in [2.05, 4.69) is 6.92 Å². The predicted octanol–water partition coefficient (Wildman–Crippen LogP) is 3.16. The molecule has 1 aliphatic carbocycles. The van der Waals surface area contributed by atoms with Crippen molar-refractivity contribution in [1.82, 2.24) is 4.90 Å². The van der Waals surface area contributed by atoms with Crippen LogP contribution in [0.3, 0.4) is 0 Å². The second-order valence-electron chi connectivity index (χ2n) is 6.46. The minimum atomic E-state index is -0.815. The molecule has 0 radical (unpaired) electrons. The number of nitrogens with zero attached hydrogens (tertiary/aromatic N) is 1. The highest BCUT2D eigenvalue weighted by Crippen LogP contribution is 2.37. The van der Waals surface area contributed by atoms with Crippen LogP contribution in [-0.2, 0) is 9.59 Å². The number of carboxylic acid groups (broad SMARTS) is 1. The molecule has 1 N–H and O–H groups in total. The Kier molecular flexibility index (Phi) is 6.50. The van der Waals surface area contributed by atoms with E-state index in [0.29, 0.717) is 18.8 Å². The smallest absolute Gasteiger partial charge is 0.307 e. The summed E-state index contributed by atoms with van der Waals surface area (Å²) in [5, 5.41) is 9.31. The average Bonchev–Trinajstić information content (AvgIpc) is 2.76. The molecule has 4 nitrogen and oxygen atoms in total. The largest absolute Gasteiger partial charge is 0.481 e. The van der Waals surface area contributed by atoms with Gasteiger partial charge in [-0.05, 0) is 39.0 Å². The van der Waals surface area contributed by atoms with Crippen molar-refractivity contribution in [3.05, 3.63) is 0 Å². The molecule has 0 bridgehead atoms. The molecule has 1 unspecified atom stereocenters. The standard InChI is InChI=1S/C16H29NO3/c1-5-6-7-8-17(11(2)3)15(18)13-9-12(4)10-14(13)16(19)20/h11-14H,5-10H2,1-4H3,(H,19,20)/t12?,13-,14+/m0/s1. The number of amides is 1. The topological polar surface area (TPSA) is 57.6 Å².